The molecule has 1 amide bonds. The molecular formula is C11H19NO. The van der Waals surface area contributed by atoms with Crippen LogP contribution in [0.4, 0.5) is 0 Å². The van der Waals surface area contributed by atoms with Gasteiger partial charge in [-0.15, -0.1) is 6.58 Å². The molecule has 1 aliphatic rings. The van der Waals surface area contributed by atoms with Crippen LogP contribution in [0.1, 0.15) is 25.7 Å². The van der Waals surface area contributed by atoms with Gasteiger partial charge in [-0.3, -0.25) is 4.79 Å². The zero-order valence-corrected chi connectivity index (χ0v) is 8.62. The van der Waals surface area contributed by atoms with Crippen molar-refractivity contribution in [2.24, 2.45) is 11.8 Å². The lowest BCUT2D eigenvalue weighted by atomic mass is 10.1. The molecule has 0 N–H and O–H groups in total. The van der Waals surface area contributed by atoms with Gasteiger partial charge in [-0.25, -0.2) is 0 Å². The van der Waals surface area contributed by atoms with Gasteiger partial charge in [-0.1, -0.05) is 6.08 Å². The van der Waals surface area contributed by atoms with E-state index < -0.39 is 0 Å². The van der Waals surface area contributed by atoms with E-state index in [2.05, 4.69) is 6.58 Å². The fraction of sp³-hybridized carbons (Fsp3) is 0.727. The third-order valence-corrected chi connectivity index (χ3v) is 2.66. The second-order valence-electron chi connectivity index (χ2n) is 4.05. The van der Waals surface area contributed by atoms with Gasteiger partial charge >= 0.3 is 0 Å². The summed E-state index contributed by atoms with van der Waals surface area (Å²) in [7, 11) is 3.67. The molecular weight excluding hydrogens is 162 g/mol. The molecule has 2 nitrogen and oxygen atoms in total. The SMILES string of the molecule is C=CCCCC1CC1C(=O)N(C)C. The molecule has 0 aromatic rings. The summed E-state index contributed by atoms with van der Waals surface area (Å²) in [5.41, 5.74) is 0. The van der Waals surface area contributed by atoms with Crippen LogP contribution in [0.5, 0.6) is 0 Å². The van der Waals surface area contributed by atoms with Crippen molar-refractivity contribution in [1.82, 2.24) is 4.90 Å². The molecule has 1 saturated carbocycles. The Bertz CT molecular complexity index is 198. The number of unbranched alkanes of at least 4 members (excludes halogenated alkanes) is 1. The quantitative estimate of drug-likeness (QED) is 0.469. The van der Waals surface area contributed by atoms with Crippen LogP contribution < -0.4 is 0 Å². The summed E-state index contributed by atoms with van der Waals surface area (Å²) in [5.74, 6) is 1.30. The van der Waals surface area contributed by atoms with E-state index in [1.807, 2.05) is 20.2 Å². The Balaban J connectivity index is 2.15. The zero-order chi connectivity index (χ0) is 9.84. The Kier molecular flexibility index (Phi) is 3.52. The Morgan fingerprint density at radius 2 is 2.31 bits per heavy atom. The fourth-order valence-electron chi connectivity index (χ4n) is 1.73. The van der Waals surface area contributed by atoms with Crippen molar-refractivity contribution in [3.63, 3.8) is 0 Å². The van der Waals surface area contributed by atoms with E-state index in [1.165, 1.54) is 12.8 Å². The lowest BCUT2D eigenvalue weighted by molar-refractivity contribution is -0.130. The molecule has 0 aliphatic heterocycles. The van der Waals surface area contributed by atoms with E-state index in [9.17, 15) is 4.79 Å². The van der Waals surface area contributed by atoms with Gasteiger partial charge in [-0.2, -0.15) is 0 Å². The van der Waals surface area contributed by atoms with E-state index in [-0.39, 0.29) is 0 Å². The molecule has 0 radical (unpaired) electrons. The average molecular weight is 181 g/mol. The normalized spacial score (nSPS) is 25.4. The third-order valence-electron chi connectivity index (χ3n) is 2.66. The molecule has 0 heterocycles. The molecule has 0 spiro atoms. The van der Waals surface area contributed by atoms with Gasteiger partial charge in [0.25, 0.3) is 0 Å². The predicted molar refractivity (Wildman–Crippen MR) is 54.3 cm³/mol. The van der Waals surface area contributed by atoms with Crippen molar-refractivity contribution < 1.29 is 4.79 Å². The minimum Gasteiger partial charge on any atom is -0.349 e. The van der Waals surface area contributed by atoms with Crippen LogP contribution in [-0.4, -0.2) is 24.9 Å². The van der Waals surface area contributed by atoms with E-state index in [0.29, 0.717) is 17.7 Å². The van der Waals surface area contributed by atoms with Gasteiger partial charge < -0.3 is 4.90 Å². The summed E-state index contributed by atoms with van der Waals surface area (Å²) >= 11 is 0. The average Bonchev–Trinajstić information content (AvgIpc) is 2.83. The van der Waals surface area contributed by atoms with Crippen LogP contribution >= 0.6 is 0 Å². The van der Waals surface area contributed by atoms with Crippen LogP contribution in [0.15, 0.2) is 12.7 Å². The number of carbonyl (C=O) groups excluding carboxylic acids is 1. The number of nitrogens with zero attached hydrogens (tertiary/aromatic N) is 1. The number of amides is 1. The lowest BCUT2D eigenvalue weighted by Gasteiger charge is -2.09. The second kappa shape index (κ2) is 4.45. The maximum atomic E-state index is 11.5. The minimum absolute atomic E-state index is 0.309. The van der Waals surface area contributed by atoms with Crippen molar-refractivity contribution in [2.75, 3.05) is 14.1 Å². The molecule has 0 aromatic carbocycles. The highest BCUT2D eigenvalue weighted by molar-refractivity contribution is 5.81. The van der Waals surface area contributed by atoms with Crippen molar-refractivity contribution >= 4 is 5.91 Å². The van der Waals surface area contributed by atoms with Gasteiger partial charge in [0.2, 0.25) is 5.91 Å². The van der Waals surface area contributed by atoms with Crippen molar-refractivity contribution in [2.45, 2.75) is 25.7 Å². The summed E-state index contributed by atoms with van der Waals surface area (Å²) in [6.45, 7) is 3.69. The van der Waals surface area contributed by atoms with Gasteiger partial charge in [0, 0.05) is 20.0 Å². The number of allylic oxidation sites excluding steroid dienone is 1. The van der Waals surface area contributed by atoms with Crippen LogP contribution in [0.25, 0.3) is 0 Å². The topological polar surface area (TPSA) is 20.3 Å². The Morgan fingerprint density at radius 3 is 2.85 bits per heavy atom. The molecule has 2 unspecified atom stereocenters. The molecule has 0 aromatic heterocycles. The number of carbonyl (C=O) groups is 1. The minimum atomic E-state index is 0.309. The molecule has 13 heavy (non-hydrogen) atoms. The number of hydrogen-bond donors (Lipinski definition) is 0. The van der Waals surface area contributed by atoms with Gasteiger partial charge in [0.15, 0.2) is 0 Å². The first kappa shape index (κ1) is 10.3. The van der Waals surface area contributed by atoms with E-state index in [1.54, 1.807) is 4.90 Å². The first-order valence-corrected chi connectivity index (χ1v) is 4.99. The Hall–Kier alpha value is -0.790. The lowest BCUT2D eigenvalue weighted by Crippen LogP contribution is -2.23. The van der Waals surface area contributed by atoms with Crippen LogP contribution in [0, 0.1) is 11.8 Å². The smallest absolute Gasteiger partial charge is 0.225 e. The molecule has 0 bridgehead atoms. The van der Waals surface area contributed by atoms with Crippen molar-refractivity contribution in [3.05, 3.63) is 12.7 Å². The Morgan fingerprint density at radius 1 is 1.62 bits per heavy atom. The van der Waals surface area contributed by atoms with E-state index in [4.69, 9.17) is 0 Å². The van der Waals surface area contributed by atoms with Crippen LogP contribution in [-0.2, 0) is 4.79 Å². The van der Waals surface area contributed by atoms with Gasteiger partial charge in [-0.05, 0) is 31.6 Å². The molecule has 1 fully saturated rings. The summed E-state index contributed by atoms with van der Waals surface area (Å²) in [6, 6.07) is 0. The van der Waals surface area contributed by atoms with Crippen LogP contribution in [0.2, 0.25) is 0 Å². The predicted octanol–water partition coefficient (Wildman–Crippen LogP) is 2.07. The molecule has 2 atom stereocenters. The molecule has 74 valence electrons. The monoisotopic (exact) mass is 181 g/mol. The number of hydrogen-bond acceptors (Lipinski definition) is 1. The standard InChI is InChI=1S/C11H19NO/c1-4-5-6-7-9-8-10(9)11(13)12(2)3/h4,9-10H,1,5-8H2,2-3H3. The van der Waals surface area contributed by atoms with E-state index >= 15 is 0 Å². The first-order valence-electron chi connectivity index (χ1n) is 4.99. The molecule has 2 heteroatoms. The summed E-state index contributed by atoms with van der Waals surface area (Å²) in [5, 5.41) is 0. The largest absolute Gasteiger partial charge is 0.349 e. The van der Waals surface area contributed by atoms with Gasteiger partial charge in [0.05, 0.1) is 0 Å². The number of rotatable bonds is 5. The highest BCUT2D eigenvalue weighted by Gasteiger charge is 2.42. The summed E-state index contributed by atoms with van der Waals surface area (Å²) < 4.78 is 0. The fourth-order valence-corrected chi connectivity index (χ4v) is 1.73. The van der Waals surface area contributed by atoms with Crippen LogP contribution in [0.3, 0.4) is 0 Å². The van der Waals surface area contributed by atoms with Crippen molar-refractivity contribution in [1.29, 1.82) is 0 Å². The summed E-state index contributed by atoms with van der Waals surface area (Å²) in [4.78, 5) is 13.2. The molecule has 1 rings (SSSR count). The van der Waals surface area contributed by atoms with E-state index in [0.717, 1.165) is 12.8 Å². The molecule has 1 aliphatic carbocycles. The zero-order valence-electron chi connectivity index (χ0n) is 8.62. The maximum absolute atomic E-state index is 11.5. The maximum Gasteiger partial charge on any atom is 0.225 e. The second-order valence-corrected chi connectivity index (χ2v) is 4.05. The third kappa shape index (κ3) is 2.87. The highest BCUT2D eigenvalue weighted by Crippen LogP contribution is 2.43. The van der Waals surface area contributed by atoms with Crippen molar-refractivity contribution in [3.8, 4) is 0 Å². The Labute approximate surface area is 80.6 Å². The molecule has 0 saturated heterocycles. The van der Waals surface area contributed by atoms with Gasteiger partial charge in [0.1, 0.15) is 0 Å². The first-order chi connectivity index (χ1) is 6.16. The highest BCUT2D eigenvalue weighted by atomic mass is 16.2. The summed E-state index contributed by atoms with van der Waals surface area (Å²) in [6.07, 6.45) is 6.51.